The van der Waals surface area contributed by atoms with Gasteiger partial charge < -0.3 is 5.32 Å². The number of non-ortho nitro benzene ring substituents is 1. The largest absolute Gasteiger partial charge is 0.315 e. The van der Waals surface area contributed by atoms with Crippen LogP contribution in [0.25, 0.3) is 0 Å². The van der Waals surface area contributed by atoms with Crippen LogP contribution in [0.4, 0.5) is 5.69 Å². The summed E-state index contributed by atoms with van der Waals surface area (Å²) in [6.07, 6.45) is 1.12. The molecule has 0 spiro atoms. The Morgan fingerprint density at radius 1 is 1.17 bits per heavy atom. The van der Waals surface area contributed by atoms with E-state index in [2.05, 4.69) is 10.2 Å². The standard InChI is InChI=1S/C15H22N4O4S/c20-19(21)14-3-1-13(2-4-14)12-24(22,23)18-9-7-17(8-10-18)15-5-6-16-11-15/h1-4,15-16H,5-12H2. The Morgan fingerprint density at radius 2 is 1.83 bits per heavy atom. The second-order valence-corrected chi connectivity index (χ2v) is 8.23. The van der Waals surface area contributed by atoms with Crippen LogP contribution in [0.1, 0.15) is 12.0 Å². The molecule has 0 amide bonds. The summed E-state index contributed by atoms with van der Waals surface area (Å²) in [6, 6.07) is 6.22. The zero-order valence-electron chi connectivity index (χ0n) is 13.4. The van der Waals surface area contributed by atoms with Crippen LogP contribution in [0, 0.1) is 10.1 Å². The van der Waals surface area contributed by atoms with Gasteiger partial charge in [0.15, 0.2) is 0 Å². The molecule has 1 unspecified atom stereocenters. The number of piperazine rings is 1. The van der Waals surface area contributed by atoms with Crippen molar-refractivity contribution in [3.63, 3.8) is 0 Å². The third-order valence-electron chi connectivity index (χ3n) is 4.71. The Balaban J connectivity index is 1.58. The maximum absolute atomic E-state index is 12.6. The Bertz CT molecular complexity index is 678. The maximum atomic E-state index is 12.6. The molecular weight excluding hydrogens is 332 g/mol. The number of nitrogens with one attached hydrogen (secondary N) is 1. The molecule has 2 heterocycles. The van der Waals surface area contributed by atoms with Crippen molar-refractivity contribution in [3.05, 3.63) is 39.9 Å². The highest BCUT2D eigenvalue weighted by atomic mass is 32.2. The molecule has 0 aliphatic carbocycles. The average Bonchev–Trinajstić information content (AvgIpc) is 3.09. The number of nitrogens with zero attached hydrogens (tertiary/aromatic N) is 3. The van der Waals surface area contributed by atoms with Crippen molar-refractivity contribution in [2.24, 2.45) is 0 Å². The minimum absolute atomic E-state index is 0.0325. The first-order valence-corrected chi connectivity index (χ1v) is 9.72. The number of rotatable bonds is 5. The lowest BCUT2D eigenvalue weighted by molar-refractivity contribution is -0.384. The molecule has 0 aromatic heterocycles. The summed E-state index contributed by atoms with van der Waals surface area (Å²) in [6.45, 7) is 4.54. The predicted octanol–water partition coefficient (Wildman–Crippen LogP) is 0.404. The van der Waals surface area contributed by atoms with E-state index in [1.165, 1.54) is 28.6 Å². The smallest absolute Gasteiger partial charge is 0.269 e. The van der Waals surface area contributed by atoms with Crippen molar-refractivity contribution in [1.29, 1.82) is 0 Å². The highest BCUT2D eigenvalue weighted by molar-refractivity contribution is 7.88. The van der Waals surface area contributed by atoms with Gasteiger partial charge in [-0.25, -0.2) is 8.42 Å². The molecular formula is C15H22N4O4S. The summed E-state index contributed by atoms with van der Waals surface area (Å²) in [4.78, 5) is 12.5. The zero-order valence-corrected chi connectivity index (χ0v) is 14.2. The van der Waals surface area contributed by atoms with Gasteiger partial charge in [-0.2, -0.15) is 4.31 Å². The van der Waals surface area contributed by atoms with Gasteiger partial charge in [0.2, 0.25) is 10.0 Å². The topological polar surface area (TPSA) is 95.8 Å². The molecule has 1 aromatic rings. The highest BCUT2D eigenvalue weighted by Crippen LogP contribution is 2.18. The lowest BCUT2D eigenvalue weighted by Gasteiger charge is -2.37. The van der Waals surface area contributed by atoms with Crippen molar-refractivity contribution in [3.8, 4) is 0 Å². The molecule has 132 valence electrons. The summed E-state index contributed by atoms with van der Waals surface area (Å²) in [5, 5.41) is 14.0. The normalized spacial score (nSPS) is 23.4. The fourth-order valence-electron chi connectivity index (χ4n) is 3.31. The number of hydrogen-bond donors (Lipinski definition) is 1. The van der Waals surface area contributed by atoms with Crippen LogP contribution >= 0.6 is 0 Å². The van der Waals surface area contributed by atoms with Crippen molar-refractivity contribution < 1.29 is 13.3 Å². The van der Waals surface area contributed by atoms with E-state index in [4.69, 9.17) is 0 Å². The van der Waals surface area contributed by atoms with Crippen LogP contribution < -0.4 is 5.32 Å². The first-order chi connectivity index (χ1) is 11.5. The van der Waals surface area contributed by atoms with E-state index >= 15 is 0 Å². The predicted molar refractivity (Wildman–Crippen MR) is 90.1 cm³/mol. The minimum atomic E-state index is -3.40. The van der Waals surface area contributed by atoms with Crippen LogP contribution in [-0.4, -0.2) is 67.9 Å². The lowest BCUT2D eigenvalue weighted by Crippen LogP contribution is -2.52. The van der Waals surface area contributed by atoms with Crippen molar-refractivity contribution in [2.75, 3.05) is 39.3 Å². The van der Waals surface area contributed by atoms with Gasteiger partial charge in [0.1, 0.15) is 0 Å². The number of hydrogen-bond acceptors (Lipinski definition) is 6. The summed E-state index contributed by atoms with van der Waals surface area (Å²) < 4.78 is 26.7. The molecule has 3 rings (SSSR count). The third kappa shape index (κ3) is 3.92. The Morgan fingerprint density at radius 3 is 2.38 bits per heavy atom. The quantitative estimate of drug-likeness (QED) is 0.608. The van der Waals surface area contributed by atoms with Gasteiger partial charge in [0, 0.05) is 50.9 Å². The van der Waals surface area contributed by atoms with Crippen molar-refractivity contribution in [1.82, 2.24) is 14.5 Å². The molecule has 24 heavy (non-hydrogen) atoms. The second kappa shape index (κ2) is 7.14. The molecule has 1 aromatic carbocycles. The molecule has 9 heteroatoms. The van der Waals surface area contributed by atoms with E-state index in [0.717, 1.165) is 32.6 Å². The Labute approximate surface area is 141 Å². The van der Waals surface area contributed by atoms with E-state index in [1.807, 2.05) is 0 Å². The van der Waals surface area contributed by atoms with Gasteiger partial charge in [-0.3, -0.25) is 15.0 Å². The summed E-state index contributed by atoms with van der Waals surface area (Å²) in [5.41, 5.74) is 0.540. The van der Waals surface area contributed by atoms with Crippen LogP contribution in [0.3, 0.4) is 0 Å². The molecule has 2 fully saturated rings. The van der Waals surface area contributed by atoms with Crippen molar-refractivity contribution in [2.45, 2.75) is 18.2 Å². The Kier molecular flexibility index (Phi) is 5.14. The molecule has 1 N–H and O–H groups in total. The van der Waals surface area contributed by atoms with E-state index in [9.17, 15) is 18.5 Å². The van der Waals surface area contributed by atoms with Gasteiger partial charge in [-0.1, -0.05) is 12.1 Å². The van der Waals surface area contributed by atoms with Gasteiger partial charge >= 0.3 is 0 Å². The molecule has 0 saturated carbocycles. The van der Waals surface area contributed by atoms with Gasteiger partial charge in [-0.05, 0) is 18.5 Å². The SMILES string of the molecule is O=[N+]([O-])c1ccc(CS(=O)(=O)N2CCN(C3CCNC3)CC2)cc1. The molecule has 2 saturated heterocycles. The maximum Gasteiger partial charge on any atom is 0.269 e. The Hall–Kier alpha value is -1.55. The first kappa shape index (κ1) is 17.3. The average molecular weight is 354 g/mol. The van der Waals surface area contributed by atoms with Gasteiger partial charge in [0.25, 0.3) is 5.69 Å². The first-order valence-electron chi connectivity index (χ1n) is 8.11. The molecule has 1 atom stereocenters. The summed E-state index contributed by atoms with van der Waals surface area (Å²) in [5.74, 6) is -0.115. The highest BCUT2D eigenvalue weighted by Gasteiger charge is 2.31. The van der Waals surface area contributed by atoms with Gasteiger partial charge in [0.05, 0.1) is 10.7 Å². The van der Waals surface area contributed by atoms with Gasteiger partial charge in [-0.15, -0.1) is 0 Å². The minimum Gasteiger partial charge on any atom is -0.315 e. The molecule has 0 radical (unpaired) electrons. The summed E-state index contributed by atoms with van der Waals surface area (Å²) >= 11 is 0. The molecule has 2 aliphatic heterocycles. The van der Waals surface area contributed by atoms with Crippen LogP contribution in [0.2, 0.25) is 0 Å². The second-order valence-electron chi connectivity index (χ2n) is 6.26. The lowest BCUT2D eigenvalue weighted by atomic mass is 10.2. The van der Waals surface area contributed by atoms with Crippen molar-refractivity contribution >= 4 is 15.7 Å². The van der Waals surface area contributed by atoms with Crippen LogP contribution in [0.15, 0.2) is 24.3 Å². The number of sulfonamides is 1. The van der Waals surface area contributed by atoms with E-state index in [0.29, 0.717) is 24.7 Å². The fourth-order valence-corrected chi connectivity index (χ4v) is 4.83. The molecule has 8 nitrogen and oxygen atoms in total. The van der Waals surface area contributed by atoms with E-state index < -0.39 is 14.9 Å². The molecule has 0 bridgehead atoms. The third-order valence-corrected chi connectivity index (χ3v) is 6.56. The van der Waals surface area contributed by atoms with E-state index in [-0.39, 0.29) is 11.4 Å². The zero-order chi connectivity index (χ0) is 17.2. The number of nitro groups is 1. The number of nitro benzene ring substituents is 1. The number of benzene rings is 1. The fraction of sp³-hybridized carbons (Fsp3) is 0.600. The monoisotopic (exact) mass is 354 g/mol. The summed E-state index contributed by atoms with van der Waals surface area (Å²) in [7, 11) is -3.40. The molecule has 2 aliphatic rings. The van der Waals surface area contributed by atoms with E-state index in [1.54, 1.807) is 0 Å². The van der Waals surface area contributed by atoms with Crippen LogP contribution in [-0.2, 0) is 15.8 Å². The van der Waals surface area contributed by atoms with Crippen LogP contribution in [0.5, 0.6) is 0 Å².